The Balaban J connectivity index is 1.37. The summed E-state index contributed by atoms with van der Waals surface area (Å²) in [5, 5.41) is 6.84. The van der Waals surface area contributed by atoms with Crippen LogP contribution in [0.4, 0.5) is 0 Å². The quantitative estimate of drug-likeness (QED) is 0.897. The van der Waals surface area contributed by atoms with E-state index in [2.05, 4.69) is 5.32 Å². The number of carbonyl (C=O) groups is 2. The summed E-state index contributed by atoms with van der Waals surface area (Å²) in [5.41, 5.74) is 0.729. The molecule has 2 saturated heterocycles. The van der Waals surface area contributed by atoms with Crippen LogP contribution in [0.3, 0.4) is 0 Å². The fraction of sp³-hybridized carbons (Fsp3) is 0.647. The van der Waals surface area contributed by atoms with Crippen molar-refractivity contribution >= 4 is 23.2 Å². The van der Waals surface area contributed by atoms with E-state index in [1.807, 2.05) is 21.7 Å². The summed E-state index contributed by atoms with van der Waals surface area (Å²) in [4.78, 5) is 26.3. The van der Waals surface area contributed by atoms with Crippen molar-refractivity contribution in [3.63, 3.8) is 0 Å². The molecule has 2 aliphatic heterocycles. The number of amides is 2. The van der Waals surface area contributed by atoms with Crippen LogP contribution < -0.4 is 5.32 Å². The van der Waals surface area contributed by atoms with Crippen LogP contribution in [0.15, 0.2) is 16.8 Å². The molecule has 23 heavy (non-hydrogen) atoms. The molecular formula is C17H24N2O3S. The predicted octanol–water partition coefficient (Wildman–Crippen LogP) is 2.29. The number of likely N-dealkylation sites (tertiary alicyclic amines) is 1. The number of hydrogen-bond acceptors (Lipinski definition) is 4. The van der Waals surface area contributed by atoms with Crippen molar-refractivity contribution in [1.29, 1.82) is 0 Å². The van der Waals surface area contributed by atoms with Gasteiger partial charge >= 0.3 is 0 Å². The van der Waals surface area contributed by atoms with Gasteiger partial charge in [0.2, 0.25) is 5.91 Å². The first kappa shape index (κ1) is 16.5. The highest BCUT2D eigenvalue weighted by Crippen LogP contribution is 2.20. The number of rotatable bonds is 5. The molecule has 1 atom stereocenters. The van der Waals surface area contributed by atoms with Gasteiger partial charge in [0.05, 0.1) is 0 Å². The number of carbonyl (C=O) groups excluding carboxylic acids is 2. The van der Waals surface area contributed by atoms with E-state index in [4.69, 9.17) is 4.74 Å². The van der Waals surface area contributed by atoms with Gasteiger partial charge in [0.15, 0.2) is 0 Å². The van der Waals surface area contributed by atoms with E-state index in [1.165, 1.54) is 11.3 Å². The standard InChI is InChI=1S/C17H24N2O3S/c20-16(2-1-13-5-9-22-11-13)19-7-3-15(4-8-19)18-17(21)14-6-10-23-12-14/h6,10,12-13,15H,1-5,7-9,11H2,(H,18,21). The fourth-order valence-corrected chi connectivity index (χ4v) is 3.87. The Bertz CT molecular complexity index is 518. The minimum Gasteiger partial charge on any atom is -0.381 e. The third kappa shape index (κ3) is 4.54. The third-order valence-electron chi connectivity index (χ3n) is 4.76. The van der Waals surface area contributed by atoms with Crippen LogP contribution in [0.5, 0.6) is 0 Å². The predicted molar refractivity (Wildman–Crippen MR) is 89.5 cm³/mol. The molecule has 5 nitrogen and oxygen atoms in total. The smallest absolute Gasteiger partial charge is 0.252 e. The first-order chi connectivity index (χ1) is 11.2. The molecule has 1 N–H and O–H groups in total. The van der Waals surface area contributed by atoms with Crippen molar-refractivity contribution in [2.75, 3.05) is 26.3 Å². The molecule has 2 fully saturated rings. The maximum absolute atomic E-state index is 12.3. The molecular weight excluding hydrogens is 312 g/mol. The number of hydrogen-bond donors (Lipinski definition) is 1. The van der Waals surface area contributed by atoms with Gasteiger partial charge in [0, 0.05) is 49.7 Å². The van der Waals surface area contributed by atoms with Crippen molar-refractivity contribution in [3.8, 4) is 0 Å². The van der Waals surface area contributed by atoms with Crippen LogP contribution in [0.25, 0.3) is 0 Å². The molecule has 0 radical (unpaired) electrons. The lowest BCUT2D eigenvalue weighted by Crippen LogP contribution is -2.46. The minimum atomic E-state index is -0.00254. The van der Waals surface area contributed by atoms with Gasteiger partial charge < -0.3 is 15.0 Å². The van der Waals surface area contributed by atoms with Gasteiger partial charge in [-0.1, -0.05) is 0 Å². The first-order valence-electron chi connectivity index (χ1n) is 8.41. The second-order valence-corrected chi connectivity index (χ2v) is 7.19. The van der Waals surface area contributed by atoms with E-state index in [0.29, 0.717) is 12.3 Å². The Morgan fingerprint density at radius 1 is 1.30 bits per heavy atom. The summed E-state index contributed by atoms with van der Waals surface area (Å²) in [5.74, 6) is 0.804. The Kier molecular flexibility index (Phi) is 5.67. The highest BCUT2D eigenvalue weighted by atomic mass is 32.1. The molecule has 3 heterocycles. The van der Waals surface area contributed by atoms with E-state index in [-0.39, 0.29) is 17.9 Å². The van der Waals surface area contributed by atoms with Crippen LogP contribution in [0.1, 0.15) is 42.5 Å². The van der Waals surface area contributed by atoms with Crippen LogP contribution in [-0.2, 0) is 9.53 Å². The molecule has 0 aliphatic carbocycles. The molecule has 2 aliphatic rings. The van der Waals surface area contributed by atoms with Crippen LogP contribution in [0, 0.1) is 5.92 Å². The number of piperidine rings is 1. The lowest BCUT2D eigenvalue weighted by atomic mass is 10.0. The lowest BCUT2D eigenvalue weighted by Gasteiger charge is -2.32. The summed E-state index contributed by atoms with van der Waals surface area (Å²) in [7, 11) is 0. The van der Waals surface area contributed by atoms with Gasteiger partial charge in [-0.3, -0.25) is 9.59 Å². The van der Waals surface area contributed by atoms with Crippen LogP contribution >= 0.6 is 11.3 Å². The number of thiophene rings is 1. The lowest BCUT2D eigenvalue weighted by molar-refractivity contribution is -0.132. The first-order valence-corrected chi connectivity index (χ1v) is 9.35. The van der Waals surface area contributed by atoms with Gasteiger partial charge in [-0.2, -0.15) is 11.3 Å². The van der Waals surface area contributed by atoms with Gasteiger partial charge in [-0.25, -0.2) is 0 Å². The zero-order valence-electron chi connectivity index (χ0n) is 13.3. The summed E-state index contributed by atoms with van der Waals surface area (Å²) in [6.07, 6.45) is 4.33. The fourth-order valence-electron chi connectivity index (χ4n) is 3.23. The van der Waals surface area contributed by atoms with Gasteiger partial charge in [-0.15, -0.1) is 0 Å². The molecule has 2 amide bonds. The molecule has 0 spiro atoms. The zero-order chi connectivity index (χ0) is 16.1. The molecule has 6 heteroatoms. The van der Waals surface area contributed by atoms with Crippen molar-refractivity contribution < 1.29 is 14.3 Å². The summed E-state index contributed by atoms with van der Waals surface area (Å²) >= 11 is 1.53. The van der Waals surface area contributed by atoms with Crippen LogP contribution in [-0.4, -0.2) is 49.1 Å². The van der Waals surface area contributed by atoms with E-state index in [9.17, 15) is 9.59 Å². The number of nitrogens with zero attached hydrogens (tertiary/aromatic N) is 1. The second kappa shape index (κ2) is 7.93. The molecule has 3 rings (SSSR count). The van der Waals surface area contributed by atoms with Gasteiger partial charge in [-0.05, 0) is 43.0 Å². The monoisotopic (exact) mass is 336 g/mol. The topological polar surface area (TPSA) is 58.6 Å². The summed E-state index contributed by atoms with van der Waals surface area (Å²) < 4.78 is 5.35. The van der Waals surface area contributed by atoms with E-state index in [0.717, 1.165) is 57.6 Å². The maximum Gasteiger partial charge on any atom is 0.252 e. The zero-order valence-corrected chi connectivity index (χ0v) is 14.1. The van der Waals surface area contributed by atoms with Crippen LogP contribution in [0.2, 0.25) is 0 Å². The average molecular weight is 336 g/mol. The Labute approximate surface area is 141 Å². The molecule has 0 bridgehead atoms. The Morgan fingerprint density at radius 2 is 2.13 bits per heavy atom. The van der Waals surface area contributed by atoms with E-state index < -0.39 is 0 Å². The van der Waals surface area contributed by atoms with Crippen molar-refractivity contribution in [2.24, 2.45) is 5.92 Å². The SMILES string of the molecule is O=C(NC1CCN(C(=O)CCC2CCOC2)CC1)c1ccsc1. The molecule has 1 aromatic rings. The third-order valence-corrected chi connectivity index (χ3v) is 5.44. The molecule has 126 valence electrons. The van der Waals surface area contributed by atoms with E-state index >= 15 is 0 Å². The largest absolute Gasteiger partial charge is 0.381 e. The molecule has 0 saturated carbocycles. The van der Waals surface area contributed by atoms with E-state index in [1.54, 1.807) is 0 Å². The maximum atomic E-state index is 12.3. The van der Waals surface area contributed by atoms with Crippen molar-refractivity contribution in [2.45, 2.75) is 38.1 Å². The highest BCUT2D eigenvalue weighted by molar-refractivity contribution is 7.08. The number of nitrogens with one attached hydrogen (secondary N) is 1. The summed E-state index contributed by atoms with van der Waals surface area (Å²) in [6.45, 7) is 3.14. The van der Waals surface area contributed by atoms with Gasteiger partial charge in [0.1, 0.15) is 0 Å². The van der Waals surface area contributed by atoms with Crippen molar-refractivity contribution in [1.82, 2.24) is 10.2 Å². The average Bonchev–Trinajstić information content (AvgIpc) is 3.26. The Hall–Kier alpha value is -1.40. The van der Waals surface area contributed by atoms with Gasteiger partial charge in [0.25, 0.3) is 5.91 Å². The number of ether oxygens (including phenoxy) is 1. The normalized spacial score (nSPS) is 22.3. The Morgan fingerprint density at radius 3 is 2.78 bits per heavy atom. The second-order valence-electron chi connectivity index (χ2n) is 6.41. The summed E-state index contributed by atoms with van der Waals surface area (Å²) in [6, 6.07) is 2.01. The molecule has 0 aromatic carbocycles. The molecule has 1 unspecified atom stereocenters. The highest BCUT2D eigenvalue weighted by Gasteiger charge is 2.25. The van der Waals surface area contributed by atoms with Crippen molar-refractivity contribution in [3.05, 3.63) is 22.4 Å². The minimum absolute atomic E-state index is 0.00254. The molecule has 1 aromatic heterocycles.